The second-order valence-electron chi connectivity index (χ2n) is 7.66. The summed E-state index contributed by atoms with van der Waals surface area (Å²) in [4.78, 5) is 26.0. The molecule has 7 nitrogen and oxygen atoms in total. The topological polar surface area (TPSA) is 80.2 Å². The van der Waals surface area contributed by atoms with Gasteiger partial charge in [0.2, 0.25) is 0 Å². The van der Waals surface area contributed by atoms with Crippen LogP contribution in [0.2, 0.25) is 0 Å². The van der Waals surface area contributed by atoms with Crippen LogP contribution >= 0.6 is 0 Å². The molecule has 0 bridgehead atoms. The number of benzene rings is 2. The quantitative estimate of drug-likeness (QED) is 0.497. The van der Waals surface area contributed by atoms with Crippen molar-refractivity contribution < 1.29 is 19.1 Å². The van der Waals surface area contributed by atoms with Crippen LogP contribution in [0.1, 0.15) is 54.7 Å². The summed E-state index contributed by atoms with van der Waals surface area (Å²) in [7, 11) is 1.31. The van der Waals surface area contributed by atoms with E-state index in [1.54, 1.807) is 25.3 Å². The van der Waals surface area contributed by atoms with Crippen LogP contribution in [0.15, 0.2) is 65.4 Å². The summed E-state index contributed by atoms with van der Waals surface area (Å²) >= 11 is 0. The van der Waals surface area contributed by atoms with Gasteiger partial charge in [0.25, 0.3) is 5.91 Å². The fraction of sp³-hybridized carbons (Fsp3) is 0.269. The first-order valence-electron chi connectivity index (χ1n) is 10.8. The number of esters is 1. The molecule has 0 aliphatic carbocycles. The van der Waals surface area contributed by atoms with Gasteiger partial charge in [0.1, 0.15) is 6.61 Å². The van der Waals surface area contributed by atoms with Crippen molar-refractivity contribution in [3.63, 3.8) is 0 Å². The Morgan fingerprint density at radius 2 is 1.82 bits per heavy atom. The summed E-state index contributed by atoms with van der Waals surface area (Å²) in [5.41, 5.74) is 3.40. The Morgan fingerprint density at radius 1 is 1.09 bits per heavy atom. The SMILES string of the molecule is C/C=N\N1C(C(=O)OC)=C(OCc2ccccc2)c2cccc(C(=O)NC(C)C)c2/C1=C\C. The second kappa shape index (κ2) is 10.6. The fourth-order valence-corrected chi connectivity index (χ4v) is 3.65. The lowest BCUT2D eigenvalue weighted by molar-refractivity contribution is -0.137. The van der Waals surface area contributed by atoms with Crippen LogP contribution in [0.3, 0.4) is 0 Å². The van der Waals surface area contributed by atoms with Crippen molar-refractivity contribution in [3.05, 3.63) is 82.6 Å². The number of carbonyl (C=O) groups is 2. The molecule has 0 atom stereocenters. The predicted octanol–water partition coefficient (Wildman–Crippen LogP) is 4.57. The first-order valence-corrected chi connectivity index (χ1v) is 10.8. The van der Waals surface area contributed by atoms with Gasteiger partial charge in [-0.2, -0.15) is 5.10 Å². The summed E-state index contributed by atoms with van der Waals surface area (Å²) in [6.45, 7) is 7.62. The number of hydrogen-bond acceptors (Lipinski definition) is 6. The minimum atomic E-state index is -0.592. The molecule has 0 aromatic heterocycles. The van der Waals surface area contributed by atoms with Crippen molar-refractivity contribution in [2.24, 2.45) is 5.10 Å². The lowest BCUT2D eigenvalue weighted by atomic mass is 9.91. The number of allylic oxidation sites excluding steroid dienone is 1. The summed E-state index contributed by atoms with van der Waals surface area (Å²) in [6, 6.07) is 15.0. The monoisotopic (exact) mass is 447 g/mol. The van der Waals surface area contributed by atoms with Crippen molar-refractivity contribution in [2.45, 2.75) is 40.3 Å². The van der Waals surface area contributed by atoms with Crippen LogP contribution in [0.4, 0.5) is 0 Å². The standard InChI is InChI=1S/C26H29N3O4/c1-6-21-22-19(14-11-15-20(22)25(30)28-17(3)4)24(33-16-18-12-9-8-10-13-18)23(26(31)32-5)29(21)27-7-2/h6-15,17H,16H2,1-5H3,(H,28,30)/b21-6+,27-7-. The number of ether oxygens (including phenoxy) is 2. The number of rotatable bonds is 7. The number of nitrogens with zero attached hydrogens (tertiary/aromatic N) is 2. The highest BCUT2D eigenvalue weighted by Gasteiger charge is 2.37. The number of amides is 1. The van der Waals surface area contributed by atoms with E-state index in [0.717, 1.165) is 5.56 Å². The highest BCUT2D eigenvalue weighted by molar-refractivity contribution is 6.06. The Morgan fingerprint density at radius 3 is 2.42 bits per heavy atom. The van der Waals surface area contributed by atoms with Gasteiger partial charge in [-0.1, -0.05) is 48.5 Å². The van der Waals surface area contributed by atoms with Gasteiger partial charge in [-0.25, -0.2) is 9.80 Å². The van der Waals surface area contributed by atoms with E-state index in [0.29, 0.717) is 28.1 Å². The largest absolute Gasteiger partial charge is 0.486 e. The number of hydrogen-bond donors (Lipinski definition) is 1. The van der Waals surface area contributed by atoms with Crippen molar-refractivity contribution >= 4 is 29.5 Å². The molecule has 1 heterocycles. The Hall–Kier alpha value is -3.87. The molecule has 0 unspecified atom stereocenters. The van der Waals surface area contributed by atoms with E-state index < -0.39 is 5.97 Å². The second-order valence-corrected chi connectivity index (χ2v) is 7.66. The Labute approximate surface area is 194 Å². The molecule has 0 saturated carbocycles. The van der Waals surface area contributed by atoms with Gasteiger partial charge in [-0.15, -0.1) is 0 Å². The van der Waals surface area contributed by atoms with Crippen molar-refractivity contribution in [2.75, 3.05) is 7.11 Å². The van der Waals surface area contributed by atoms with Crippen LogP contribution in [0, 0.1) is 0 Å². The van der Waals surface area contributed by atoms with Crippen LogP contribution in [-0.2, 0) is 20.9 Å². The van der Waals surface area contributed by atoms with Gasteiger partial charge in [-0.3, -0.25) is 4.79 Å². The number of hydrazone groups is 1. The van der Waals surface area contributed by atoms with Gasteiger partial charge in [0, 0.05) is 28.9 Å². The molecule has 7 heteroatoms. The summed E-state index contributed by atoms with van der Waals surface area (Å²) < 4.78 is 11.3. The predicted molar refractivity (Wildman–Crippen MR) is 129 cm³/mol. The smallest absolute Gasteiger partial charge is 0.360 e. The third kappa shape index (κ3) is 4.98. The van der Waals surface area contributed by atoms with Crippen molar-refractivity contribution in [3.8, 4) is 0 Å². The first-order chi connectivity index (χ1) is 15.9. The Kier molecular flexibility index (Phi) is 7.66. The number of nitrogens with one attached hydrogen (secondary N) is 1. The molecule has 1 aliphatic heterocycles. The third-order valence-electron chi connectivity index (χ3n) is 4.99. The minimum absolute atomic E-state index is 0.0364. The highest BCUT2D eigenvalue weighted by atomic mass is 16.5. The van der Waals surface area contributed by atoms with Gasteiger partial charge >= 0.3 is 5.97 Å². The molecule has 172 valence electrons. The summed E-state index contributed by atoms with van der Waals surface area (Å²) in [6.07, 6.45) is 3.39. The van der Waals surface area contributed by atoms with E-state index in [-0.39, 0.29) is 24.3 Å². The number of methoxy groups -OCH3 is 1. The van der Waals surface area contributed by atoms with Gasteiger partial charge in [0.15, 0.2) is 11.5 Å². The van der Waals surface area contributed by atoms with E-state index >= 15 is 0 Å². The van der Waals surface area contributed by atoms with Crippen LogP contribution < -0.4 is 5.32 Å². The third-order valence-corrected chi connectivity index (χ3v) is 4.99. The molecular weight excluding hydrogens is 418 g/mol. The number of carbonyl (C=O) groups excluding carboxylic acids is 2. The van der Waals surface area contributed by atoms with Gasteiger partial charge < -0.3 is 14.8 Å². The van der Waals surface area contributed by atoms with E-state index in [2.05, 4.69) is 10.4 Å². The average Bonchev–Trinajstić information content (AvgIpc) is 2.81. The maximum Gasteiger partial charge on any atom is 0.360 e. The zero-order chi connectivity index (χ0) is 24.0. The fourth-order valence-electron chi connectivity index (χ4n) is 3.65. The lowest BCUT2D eigenvalue weighted by Crippen LogP contribution is -2.34. The zero-order valence-electron chi connectivity index (χ0n) is 19.6. The van der Waals surface area contributed by atoms with Gasteiger partial charge in [0.05, 0.1) is 12.8 Å². The normalized spacial score (nSPS) is 14.6. The van der Waals surface area contributed by atoms with E-state index in [1.165, 1.54) is 12.1 Å². The van der Waals surface area contributed by atoms with E-state index in [4.69, 9.17) is 9.47 Å². The maximum atomic E-state index is 13.1. The molecule has 3 rings (SSSR count). The first kappa shape index (κ1) is 23.8. The molecule has 2 aromatic carbocycles. The van der Waals surface area contributed by atoms with Crippen molar-refractivity contribution in [1.29, 1.82) is 0 Å². The molecule has 2 aromatic rings. The molecule has 0 radical (unpaired) electrons. The number of fused-ring (bicyclic) bond motifs is 1. The van der Waals surface area contributed by atoms with Crippen molar-refractivity contribution in [1.82, 2.24) is 10.3 Å². The van der Waals surface area contributed by atoms with E-state index in [9.17, 15) is 9.59 Å². The average molecular weight is 448 g/mol. The molecule has 0 spiro atoms. The van der Waals surface area contributed by atoms with E-state index in [1.807, 2.05) is 63.2 Å². The molecule has 0 fully saturated rings. The lowest BCUT2D eigenvalue weighted by Gasteiger charge is -2.33. The molecule has 0 saturated heterocycles. The minimum Gasteiger partial charge on any atom is -0.486 e. The Bertz CT molecular complexity index is 1120. The molecule has 1 N–H and O–H groups in total. The molecular formula is C26H29N3O4. The summed E-state index contributed by atoms with van der Waals surface area (Å²) in [5, 5.41) is 8.84. The summed E-state index contributed by atoms with van der Waals surface area (Å²) in [5.74, 6) is -0.507. The zero-order valence-corrected chi connectivity index (χ0v) is 19.6. The Balaban J connectivity index is 2.26. The van der Waals surface area contributed by atoms with Crippen LogP contribution in [0.5, 0.6) is 0 Å². The van der Waals surface area contributed by atoms with Crippen LogP contribution in [0.25, 0.3) is 11.5 Å². The molecule has 1 amide bonds. The van der Waals surface area contributed by atoms with Gasteiger partial charge in [-0.05, 0) is 39.3 Å². The maximum absolute atomic E-state index is 13.1. The molecule has 1 aliphatic rings. The van der Waals surface area contributed by atoms with Crippen LogP contribution in [-0.4, -0.2) is 36.3 Å². The molecule has 33 heavy (non-hydrogen) atoms. The highest BCUT2D eigenvalue weighted by Crippen LogP contribution is 2.41.